The molecule has 0 aliphatic heterocycles. The van der Waals surface area contributed by atoms with Crippen LogP contribution in [0.15, 0.2) is 47.6 Å². The standard InChI is InChI=1S/C18H19ClN2O5/c1-12(20-25-11-14-6-4-5-7-16(14)23-2)13-8-9-15(19)17(10-13)26-21-18(22)24-3/h4-10H,11H2,1-3H3,(H,21,22). The van der Waals surface area contributed by atoms with Crippen LogP contribution in [0, 0.1) is 0 Å². The fraction of sp³-hybridized carbons (Fsp3) is 0.222. The van der Waals surface area contributed by atoms with E-state index in [9.17, 15) is 4.79 Å². The number of hydrogen-bond acceptors (Lipinski definition) is 6. The molecule has 2 aromatic rings. The molecule has 138 valence electrons. The number of nitrogens with zero attached hydrogens (tertiary/aromatic N) is 1. The Hall–Kier alpha value is -2.93. The fourth-order valence-corrected chi connectivity index (χ4v) is 2.17. The van der Waals surface area contributed by atoms with Crippen LogP contribution in [-0.4, -0.2) is 26.0 Å². The van der Waals surface area contributed by atoms with Gasteiger partial charge >= 0.3 is 6.09 Å². The van der Waals surface area contributed by atoms with Crippen LogP contribution in [0.5, 0.6) is 11.5 Å². The molecule has 0 fully saturated rings. The molecule has 0 unspecified atom stereocenters. The topological polar surface area (TPSA) is 78.4 Å². The Morgan fingerprint density at radius 2 is 1.92 bits per heavy atom. The summed E-state index contributed by atoms with van der Waals surface area (Å²) < 4.78 is 9.70. The molecule has 2 rings (SSSR count). The summed E-state index contributed by atoms with van der Waals surface area (Å²) in [5.74, 6) is 0.991. The van der Waals surface area contributed by atoms with Crippen molar-refractivity contribution in [3.8, 4) is 11.5 Å². The molecular weight excluding hydrogens is 360 g/mol. The summed E-state index contributed by atoms with van der Waals surface area (Å²) in [4.78, 5) is 21.6. The first-order valence-electron chi connectivity index (χ1n) is 7.64. The van der Waals surface area contributed by atoms with Crippen molar-refractivity contribution in [2.75, 3.05) is 14.2 Å². The second kappa shape index (κ2) is 9.53. The molecule has 0 aliphatic rings. The Balaban J connectivity index is 2.05. The summed E-state index contributed by atoms with van der Waals surface area (Å²) in [6.45, 7) is 2.05. The molecule has 0 atom stereocenters. The lowest BCUT2D eigenvalue weighted by molar-refractivity contribution is 0.118. The molecule has 1 N–H and O–H groups in total. The zero-order valence-corrected chi connectivity index (χ0v) is 15.4. The largest absolute Gasteiger partial charge is 0.496 e. The quantitative estimate of drug-likeness (QED) is 0.583. The third kappa shape index (κ3) is 5.29. The number of amides is 1. The van der Waals surface area contributed by atoms with E-state index in [2.05, 4.69) is 15.4 Å². The van der Waals surface area contributed by atoms with Crippen molar-refractivity contribution in [3.05, 3.63) is 58.6 Å². The maximum absolute atomic E-state index is 11.1. The molecule has 0 radical (unpaired) electrons. The zero-order valence-electron chi connectivity index (χ0n) is 14.6. The lowest BCUT2D eigenvalue weighted by Crippen LogP contribution is -2.26. The van der Waals surface area contributed by atoms with Crippen LogP contribution in [0.1, 0.15) is 18.1 Å². The molecule has 8 heteroatoms. The molecule has 2 aromatic carbocycles. The number of oxime groups is 1. The SMILES string of the molecule is COC(=O)NOc1cc(C(C)=NOCc2ccccc2OC)ccc1Cl. The monoisotopic (exact) mass is 378 g/mol. The highest BCUT2D eigenvalue weighted by atomic mass is 35.5. The van der Waals surface area contributed by atoms with Gasteiger partial charge in [-0.05, 0) is 25.1 Å². The Morgan fingerprint density at radius 1 is 1.15 bits per heavy atom. The summed E-state index contributed by atoms with van der Waals surface area (Å²) in [5.41, 5.74) is 4.31. The predicted octanol–water partition coefficient (Wildman–Crippen LogP) is 3.94. The number of halogens is 1. The van der Waals surface area contributed by atoms with Crippen LogP contribution in [0.2, 0.25) is 5.02 Å². The molecule has 7 nitrogen and oxygen atoms in total. The van der Waals surface area contributed by atoms with Crippen LogP contribution in [-0.2, 0) is 16.2 Å². The lowest BCUT2D eigenvalue weighted by atomic mass is 10.1. The number of methoxy groups -OCH3 is 2. The number of ether oxygens (including phenoxy) is 2. The summed E-state index contributed by atoms with van der Waals surface area (Å²) in [6.07, 6.45) is -0.739. The van der Waals surface area contributed by atoms with E-state index in [0.717, 1.165) is 16.9 Å². The second-order valence-electron chi connectivity index (χ2n) is 5.10. The van der Waals surface area contributed by atoms with Crippen LogP contribution in [0.4, 0.5) is 4.79 Å². The number of benzene rings is 2. The van der Waals surface area contributed by atoms with Crippen LogP contribution < -0.4 is 15.1 Å². The van der Waals surface area contributed by atoms with Gasteiger partial charge in [0, 0.05) is 11.1 Å². The van der Waals surface area contributed by atoms with Crippen molar-refractivity contribution in [2.24, 2.45) is 5.16 Å². The highest BCUT2D eigenvalue weighted by Crippen LogP contribution is 2.25. The second-order valence-corrected chi connectivity index (χ2v) is 5.51. The molecule has 0 heterocycles. The van der Waals surface area contributed by atoms with Gasteiger partial charge in [-0.3, -0.25) is 0 Å². The lowest BCUT2D eigenvalue weighted by Gasteiger charge is -2.10. The minimum atomic E-state index is -0.739. The summed E-state index contributed by atoms with van der Waals surface area (Å²) in [7, 11) is 2.83. The van der Waals surface area contributed by atoms with Gasteiger partial charge in [0.1, 0.15) is 12.4 Å². The summed E-state index contributed by atoms with van der Waals surface area (Å²) in [6, 6.07) is 12.6. The highest BCUT2D eigenvalue weighted by Gasteiger charge is 2.09. The third-order valence-corrected chi connectivity index (χ3v) is 3.71. The van der Waals surface area contributed by atoms with E-state index in [1.807, 2.05) is 24.3 Å². The third-order valence-electron chi connectivity index (χ3n) is 3.39. The van der Waals surface area contributed by atoms with Crippen molar-refractivity contribution in [2.45, 2.75) is 13.5 Å². The van der Waals surface area contributed by atoms with Gasteiger partial charge in [0.2, 0.25) is 0 Å². The highest BCUT2D eigenvalue weighted by molar-refractivity contribution is 6.32. The van der Waals surface area contributed by atoms with E-state index in [-0.39, 0.29) is 12.4 Å². The number of hydrogen-bond donors (Lipinski definition) is 1. The minimum Gasteiger partial charge on any atom is -0.496 e. The molecule has 0 saturated carbocycles. The van der Waals surface area contributed by atoms with E-state index in [4.69, 9.17) is 26.0 Å². The van der Waals surface area contributed by atoms with Gasteiger partial charge in [-0.1, -0.05) is 41.0 Å². The van der Waals surface area contributed by atoms with Crippen molar-refractivity contribution < 1.29 is 23.9 Å². The molecule has 0 spiro atoms. The van der Waals surface area contributed by atoms with E-state index in [1.54, 1.807) is 32.2 Å². The van der Waals surface area contributed by atoms with Gasteiger partial charge in [-0.25, -0.2) is 4.79 Å². The van der Waals surface area contributed by atoms with Crippen LogP contribution >= 0.6 is 11.6 Å². The molecule has 0 aromatic heterocycles. The summed E-state index contributed by atoms with van der Waals surface area (Å²) in [5, 5.41) is 4.42. The van der Waals surface area contributed by atoms with E-state index in [0.29, 0.717) is 10.7 Å². The normalized spacial score (nSPS) is 10.8. The minimum absolute atomic E-state index is 0.258. The molecule has 1 amide bonds. The zero-order chi connectivity index (χ0) is 18.9. The number of para-hydroxylation sites is 1. The predicted molar refractivity (Wildman–Crippen MR) is 97.6 cm³/mol. The Bertz CT molecular complexity index is 795. The van der Waals surface area contributed by atoms with Gasteiger partial charge in [0.15, 0.2) is 5.75 Å². The fourth-order valence-electron chi connectivity index (χ4n) is 2.02. The maximum atomic E-state index is 11.1. The molecular formula is C18H19ClN2O5. The molecule has 26 heavy (non-hydrogen) atoms. The van der Waals surface area contributed by atoms with Gasteiger partial charge in [0.05, 0.1) is 25.0 Å². The van der Waals surface area contributed by atoms with E-state index >= 15 is 0 Å². The first-order chi connectivity index (χ1) is 12.5. The molecule has 0 aliphatic carbocycles. The number of carbonyl (C=O) groups excluding carboxylic acids is 1. The first kappa shape index (κ1) is 19.4. The summed E-state index contributed by atoms with van der Waals surface area (Å²) >= 11 is 6.04. The average Bonchev–Trinajstić information content (AvgIpc) is 2.67. The first-order valence-corrected chi connectivity index (χ1v) is 8.02. The average molecular weight is 379 g/mol. The Labute approximate surface area is 156 Å². The van der Waals surface area contributed by atoms with Gasteiger partial charge in [-0.15, -0.1) is 0 Å². The Morgan fingerprint density at radius 3 is 2.65 bits per heavy atom. The number of carbonyl (C=O) groups is 1. The van der Waals surface area contributed by atoms with Crippen LogP contribution in [0.25, 0.3) is 0 Å². The maximum Gasteiger partial charge on any atom is 0.440 e. The smallest absolute Gasteiger partial charge is 0.440 e. The molecule has 0 saturated heterocycles. The van der Waals surface area contributed by atoms with Gasteiger partial charge in [-0.2, -0.15) is 5.48 Å². The van der Waals surface area contributed by atoms with E-state index in [1.165, 1.54) is 7.11 Å². The van der Waals surface area contributed by atoms with Gasteiger partial charge < -0.3 is 19.1 Å². The molecule has 0 bridgehead atoms. The number of hydroxylamine groups is 1. The Kier molecular flexibility index (Phi) is 7.11. The van der Waals surface area contributed by atoms with Crippen molar-refractivity contribution in [3.63, 3.8) is 0 Å². The van der Waals surface area contributed by atoms with Gasteiger partial charge in [0.25, 0.3) is 0 Å². The number of rotatable bonds is 7. The van der Waals surface area contributed by atoms with Crippen molar-refractivity contribution >= 4 is 23.4 Å². The van der Waals surface area contributed by atoms with Crippen molar-refractivity contribution in [1.82, 2.24) is 5.48 Å². The van der Waals surface area contributed by atoms with Crippen molar-refractivity contribution in [1.29, 1.82) is 0 Å². The van der Waals surface area contributed by atoms with E-state index < -0.39 is 6.09 Å². The van der Waals surface area contributed by atoms with Crippen LogP contribution in [0.3, 0.4) is 0 Å². The number of nitrogens with one attached hydrogen (secondary N) is 1.